The first-order valence-corrected chi connectivity index (χ1v) is 19.2. The minimum absolute atomic E-state index is 0.00868. The van der Waals surface area contributed by atoms with Crippen LogP contribution in [0.2, 0.25) is 16.6 Å². The number of amides is 1. The van der Waals surface area contributed by atoms with E-state index in [1.807, 2.05) is 12.1 Å². The van der Waals surface area contributed by atoms with Gasteiger partial charge in [0.1, 0.15) is 42.6 Å². The van der Waals surface area contributed by atoms with Crippen LogP contribution >= 0.6 is 0 Å². The normalized spacial score (nSPS) is 20.5. The number of piperazine rings is 1. The second-order valence-corrected chi connectivity index (χ2v) is 19.9. The molecule has 250 valence electrons. The SMILES string of the molecule is CC(C)[Si](C#Cc1c(F)ccc2cccc(-c3nc4c5c(ncnc5c3F)N3CC5CCC(C3CCO4)N5C(=O)O)c12)(C(C)C)C(C)C. The van der Waals surface area contributed by atoms with Crippen LogP contribution in [-0.4, -0.2) is 70.4 Å². The molecule has 0 saturated carbocycles. The van der Waals surface area contributed by atoms with E-state index in [0.29, 0.717) is 51.7 Å². The van der Waals surface area contributed by atoms with Crippen molar-refractivity contribution in [2.45, 2.75) is 95.6 Å². The molecule has 2 aromatic carbocycles. The van der Waals surface area contributed by atoms with Crippen molar-refractivity contribution in [1.29, 1.82) is 0 Å². The molecule has 0 spiro atoms. The molecule has 3 aliphatic heterocycles. The fourth-order valence-corrected chi connectivity index (χ4v) is 14.2. The summed E-state index contributed by atoms with van der Waals surface area (Å²) in [5.74, 6) is 2.89. The van der Waals surface area contributed by atoms with Gasteiger partial charge in [-0.05, 0) is 40.9 Å². The third kappa shape index (κ3) is 4.82. The van der Waals surface area contributed by atoms with Gasteiger partial charge in [-0.25, -0.2) is 28.5 Å². The maximum Gasteiger partial charge on any atom is 0.407 e. The number of rotatable bonds is 4. The first-order chi connectivity index (χ1) is 23.0. The number of ether oxygens (including phenoxy) is 1. The maximum atomic E-state index is 16.9. The molecule has 2 aromatic heterocycles. The summed E-state index contributed by atoms with van der Waals surface area (Å²) in [6, 6.07) is 8.00. The smallest absolute Gasteiger partial charge is 0.407 e. The standard InChI is InChI=1S/C37H41F2N5O3Si/c1-20(2)48(21(3)4,22(5)6)17-15-25-27(38)12-10-23-8-7-9-26(30(23)25)33-32(39)34-31-35(41-19-40-34)43-18-24-11-13-29(44(24)37(45)46)28(43)14-16-47-36(31)42-33/h7-10,12,19-22,24,28-29H,11,13-14,16,18H2,1-6H3,(H,45,46). The molecule has 8 nitrogen and oxygen atoms in total. The fourth-order valence-electron chi connectivity index (χ4n) is 9.04. The molecule has 3 unspecified atom stereocenters. The molecule has 2 saturated heterocycles. The number of hydrogen-bond acceptors (Lipinski definition) is 6. The van der Waals surface area contributed by atoms with Crippen molar-refractivity contribution in [3.05, 3.63) is 53.9 Å². The monoisotopic (exact) mass is 669 g/mol. The summed E-state index contributed by atoms with van der Waals surface area (Å²) in [6.45, 7) is 14.0. The maximum absolute atomic E-state index is 16.9. The Bertz CT molecular complexity index is 1990. The zero-order chi connectivity index (χ0) is 34.1. The molecule has 0 aliphatic carbocycles. The van der Waals surface area contributed by atoms with Gasteiger partial charge in [-0.2, -0.15) is 0 Å². The number of carbonyl (C=O) groups is 1. The molecule has 7 rings (SSSR count). The lowest BCUT2D eigenvalue weighted by atomic mass is 9.96. The highest BCUT2D eigenvalue weighted by Crippen LogP contribution is 2.45. The average molecular weight is 670 g/mol. The van der Waals surface area contributed by atoms with Gasteiger partial charge in [-0.15, -0.1) is 5.54 Å². The number of nitrogens with zero attached hydrogens (tertiary/aromatic N) is 5. The molecular formula is C37H41F2N5O3Si. The minimum Gasteiger partial charge on any atom is -0.477 e. The Morgan fingerprint density at radius 2 is 1.73 bits per heavy atom. The molecule has 3 aliphatic rings. The number of halogens is 2. The molecule has 2 bridgehead atoms. The summed E-state index contributed by atoms with van der Waals surface area (Å²) in [5, 5.41) is 11.5. The number of fused-ring (bicyclic) bond motifs is 6. The molecule has 3 atom stereocenters. The molecule has 0 radical (unpaired) electrons. The van der Waals surface area contributed by atoms with Crippen molar-refractivity contribution in [3.63, 3.8) is 0 Å². The molecule has 1 amide bonds. The van der Waals surface area contributed by atoms with Gasteiger partial charge in [0.25, 0.3) is 0 Å². The Kier molecular flexibility index (Phi) is 8.05. The summed E-state index contributed by atoms with van der Waals surface area (Å²) in [7, 11) is -2.21. The predicted molar refractivity (Wildman–Crippen MR) is 186 cm³/mol. The highest BCUT2D eigenvalue weighted by Gasteiger charge is 2.50. The predicted octanol–water partition coefficient (Wildman–Crippen LogP) is 8.17. The molecule has 11 heteroatoms. The number of carboxylic acid groups (broad SMARTS) is 1. The first-order valence-electron chi connectivity index (χ1n) is 16.9. The Labute approximate surface area is 280 Å². The Balaban J connectivity index is 1.43. The van der Waals surface area contributed by atoms with Crippen LogP contribution in [0.5, 0.6) is 5.88 Å². The molecule has 5 heterocycles. The lowest BCUT2D eigenvalue weighted by Crippen LogP contribution is -2.62. The summed E-state index contributed by atoms with van der Waals surface area (Å²) in [6.07, 6.45) is 2.48. The van der Waals surface area contributed by atoms with Crippen molar-refractivity contribution in [2.24, 2.45) is 0 Å². The molecule has 2 fully saturated rings. The van der Waals surface area contributed by atoms with E-state index in [2.05, 4.69) is 67.9 Å². The second-order valence-electron chi connectivity index (χ2n) is 14.3. The van der Waals surface area contributed by atoms with E-state index in [9.17, 15) is 9.90 Å². The van der Waals surface area contributed by atoms with Gasteiger partial charge in [0.15, 0.2) is 5.82 Å². The summed E-state index contributed by atoms with van der Waals surface area (Å²) in [4.78, 5) is 29.6. The van der Waals surface area contributed by atoms with Gasteiger partial charge < -0.3 is 14.7 Å². The quantitative estimate of drug-likeness (QED) is 0.173. The topological polar surface area (TPSA) is 91.7 Å². The van der Waals surface area contributed by atoms with Gasteiger partial charge in [0, 0.05) is 23.9 Å². The molecule has 1 N–H and O–H groups in total. The first kappa shape index (κ1) is 32.3. The average Bonchev–Trinajstić information content (AvgIpc) is 3.38. The van der Waals surface area contributed by atoms with Crippen LogP contribution in [0.3, 0.4) is 0 Å². The van der Waals surface area contributed by atoms with Crippen molar-refractivity contribution in [2.75, 3.05) is 18.1 Å². The lowest BCUT2D eigenvalue weighted by Gasteiger charge is -2.47. The van der Waals surface area contributed by atoms with E-state index >= 15 is 8.78 Å². The molecule has 4 aromatic rings. The van der Waals surface area contributed by atoms with E-state index in [-0.39, 0.29) is 47.4 Å². The number of pyridine rings is 1. The van der Waals surface area contributed by atoms with Gasteiger partial charge in [0.2, 0.25) is 5.88 Å². The number of hydrogen-bond donors (Lipinski definition) is 1. The van der Waals surface area contributed by atoms with Gasteiger partial charge in [-0.1, -0.05) is 71.7 Å². The zero-order valence-electron chi connectivity index (χ0n) is 28.2. The molecular weight excluding hydrogens is 629 g/mol. The largest absolute Gasteiger partial charge is 0.477 e. The van der Waals surface area contributed by atoms with Gasteiger partial charge >= 0.3 is 6.09 Å². The van der Waals surface area contributed by atoms with Crippen molar-refractivity contribution < 1.29 is 23.4 Å². The summed E-state index contributed by atoms with van der Waals surface area (Å²) < 4.78 is 39.0. The van der Waals surface area contributed by atoms with E-state index in [1.165, 1.54) is 12.4 Å². The lowest BCUT2D eigenvalue weighted by molar-refractivity contribution is 0.0956. The zero-order valence-corrected chi connectivity index (χ0v) is 29.2. The summed E-state index contributed by atoms with van der Waals surface area (Å²) >= 11 is 0. The van der Waals surface area contributed by atoms with Crippen LogP contribution in [0.15, 0.2) is 36.7 Å². The van der Waals surface area contributed by atoms with Crippen LogP contribution in [0.4, 0.5) is 19.4 Å². The number of anilines is 1. The third-order valence-corrected chi connectivity index (χ3v) is 17.4. The third-order valence-electron chi connectivity index (χ3n) is 11.1. The molecule has 48 heavy (non-hydrogen) atoms. The second kappa shape index (κ2) is 12.0. The van der Waals surface area contributed by atoms with E-state index in [4.69, 9.17) is 9.72 Å². The van der Waals surface area contributed by atoms with Crippen LogP contribution in [0.1, 0.15) is 66.4 Å². The van der Waals surface area contributed by atoms with Crippen molar-refractivity contribution in [1.82, 2.24) is 19.9 Å². The van der Waals surface area contributed by atoms with Crippen LogP contribution < -0.4 is 9.64 Å². The summed E-state index contributed by atoms with van der Waals surface area (Å²) in [5.41, 5.74) is 5.44. The number of aromatic nitrogens is 3. The van der Waals surface area contributed by atoms with Crippen LogP contribution in [-0.2, 0) is 0 Å². The highest BCUT2D eigenvalue weighted by molar-refractivity contribution is 6.90. The van der Waals surface area contributed by atoms with Crippen molar-refractivity contribution in [3.8, 4) is 28.6 Å². The van der Waals surface area contributed by atoms with Gasteiger partial charge in [-0.3, -0.25) is 4.90 Å². The van der Waals surface area contributed by atoms with E-state index < -0.39 is 25.8 Å². The van der Waals surface area contributed by atoms with Crippen LogP contribution in [0, 0.1) is 23.1 Å². The fraction of sp³-hybridized carbons (Fsp3) is 0.459. The Hall–Kier alpha value is -4.30. The minimum atomic E-state index is -2.21. The Morgan fingerprint density at radius 3 is 2.44 bits per heavy atom. The van der Waals surface area contributed by atoms with E-state index in [0.717, 1.165) is 18.2 Å². The van der Waals surface area contributed by atoms with Gasteiger partial charge in [0.05, 0.1) is 30.3 Å². The van der Waals surface area contributed by atoms with Crippen molar-refractivity contribution >= 4 is 41.7 Å². The Morgan fingerprint density at radius 1 is 0.979 bits per heavy atom. The van der Waals surface area contributed by atoms with E-state index in [1.54, 1.807) is 17.0 Å². The number of benzene rings is 2. The van der Waals surface area contributed by atoms with Crippen LogP contribution in [0.25, 0.3) is 32.9 Å². The highest BCUT2D eigenvalue weighted by atomic mass is 28.3.